The van der Waals surface area contributed by atoms with Crippen LogP contribution in [-0.2, 0) is 42.8 Å². The number of ether oxygens (including phenoxy) is 6. The molecule has 0 spiro atoms. The van der Waals surface area contributed by atoms with Crippen LogP contribution in [0.2, 0.25) is 0 Å². The highest BCUT2D eigenvalue weighted by molar-refractivity contribution is 5.90. The molecule has 3 heterocycles. The summed E-state index contributed by atoms with van der Waals surface area (Å²) in [5, 5.41) is 0. The van der Waals surface area contributed by atoms with Crippen molar-refractivity contribution in [3.63, 3.8) is 0 Å². The molecule has 11 atom stereocenters. The fraction of sp³-hybridized carbons (Fsp3) is 0.500. The first kappa shape index (κ1) is 35.9. The van der Waals surface area contributed by atoms with Crippen LogP contribution in [0.4, 0.5) is 0 Å². The predicted octanol–water partition coefficient (Wildman–Crippen LogP) is 4.22. The van der Waals surface area contributed by atoms with Gasteiger partial charge in [0.15, 0.2) is 11.7 Å². The number of hydrogen-bond donors (Lipinski definition) is 0. The van der Waals surface area contributed by atoms with Gasteiger partial charge in [0.05, 0.1) is 29.1 Å². The minimum atomic E-state index is -1.78. The van der Waals surface area contributed by atoms with Crippen molar-refractivity contribution in [3.05, 3.63) is 84.5 Å². The maximum atomic E-state index is 14.1. The van der Waals surface area contributed by atoms with E-state index < -0.39 is 94.6 Å². The first-order chi connectivity index (χ1) is 24.2. The average molecular weight is 703 g/mol. The number of carbonyl (C=O) groups excluding carboxylic acids is 5. The number of allylic oxidation sites excluding steroid dienone is 2. The highest BCUT2D eigenvalue weighted by atomic mass is 16.6. The van der Waals surface area contributed by atoms with Gasteiger partial charge in [0.25, 0.3) is 0 Å². The fourth-order valence-corrected chi connectivity index (χ4v) is 9.35. The largest absolute Gasteiger partial charge is 0.462 e. The zero-order valence-electron chi connectivity index (χ0n) is 29.4. The van der Waals surface area contributed by atoms with E-state index in [9.17, 15) is 24.0 Å². The Morgan fingerprint density at radius 2 is 1.45 bits per heavy atom. The highest BCUT2D eigenvalue weighted by Gasteiger charge is 2.82. The Hall–Kier alpha value is -4.91. The van der Waals surface area contributed by atoms with Gasteiger partial charge < -0.3 is 28.4 Å². The van der Waals surface area contributed by atoms with E-state index in [4.69, 9.17) is 28.4 Å². The molecule has 2 saturated carbocycles. The normalized spacial score (nSPS) is 36.0. The summed E-state index contributed by atoms with van der Waals surface area (Å²) in [6, 6.07) is 6.29. The van der Waals surface area contributed by atoms with Crippen LogP contribution in [0.1, 0.15) is 68.7 Å². The van der Waals surface area contributed by atoms with Crippen LogP contribution in [-0.4, -0.2) is 82.0 Å². The van der Waals surface area contributed by atoms with Crippen molar-refractivity contribution in [1.82, 2.24) is 9.97 Å². The summed E-state index contributed by atoms with van der Waals surface area (Å²) in [5.41, 5.74) is -3.67. The monoisotopic (exact) mass is 702 g/mol. The van der Waals surface area contributed by atoms with Gasteiger partial charge in [-0.25, -0.2) is 9.59 Å². The Balaban J connectivity index is 1.66. The number of rotatable bonds is 8. The van der Waals surface area contributed by atoms with E-state index in [0.29, 0.717) is 5.57 Å². The fourth-order valence-electron chi connectivity index (χ4n) is 9.35. The van der Waals surface area contributed by atoms with E-state index in [1.807, 2.05) is 19.9 Å². The minimum absolute atomic E-state index is 0.0327. The molecule has 6 rings (SSSR count). The van der Waals surface area contributed by atoms with Crippen LogP contribution in [0, 0.1) is 29.1 Å². The van der Waals surface area contributed by atoms with Crippen molar-refractivity contribution in [1.29, 1.82) is 0 Å². The summed E-state index contributed by atoms with van der Waals surface area (Å²) in [6.45, 7) is 13.3. The van der Waals surface area contributed by atoms with Crippen LogP contribution >= 0.6 is 0 Å². The van der Waals surface area contributed by atoms with E-state index in [1.165, 1.54) is 45.6 Å². The van der Waals surface area contributed by atoms with Crippen molar-refractivity contribution >= 4 is 29.8 Å². The van der Waals surface area contributed by atoms with E-state index >= 15 is 0 Å². The zero-order chi connectivity index (χ0) is 36.9. The molecule has 3 fully saturated rings. The Bertz CT molecular complexity index is 1770. The van der Waals surface area contributed by atoms with Gasteiger partial charge in [-0.15, -0.1) is 0 Å². The van der Waals surface area contributed by atoms with Gasteiger partial charge in [0.2, 0.25) is 0 Å². The van der Waals surface area contributed by atoms with Crippen molar-refractivity contribution in [2.45, 2.75) is 83.6 Å². The highest BCUT2D eigenvalue weighted by Crippen LogP contribution is 2.68. The summed E-state index contributed by atoms with van der Waals surface area (Å²) in [6.07, 6.45) is 4.63. The molecular weight excluding hydrogens is 660 g/mol. The molecule has 51 heavy (non-hydrogen) atoms. The van der Waals surface area contributed by atoms with Gasteiger partial charge in [-0.1, -0.05) is 25.2 Å². The molecule has 2 aromatic heterocycles. The molecule has 270 valence electrons. The lowest BCUT2D eigenvalue weighted by Gasteiger charge is -2.51. The number of pyridine rings is 2. The second-order valence-corrected chi connectivity index (χ2v) is 14.3. The number of carbonyl (C=O) groups is 5. The summed E-state index contributed by atoms with van der Waals surface area (Å²) >= 11 is 0. The van der Waals surface area contributed by atoms with Gasteiger partial charge in [-0.05, 0) is 56.5 Å². The van der Waals surface area contributed by atoms with E-state index in [1.54, 1.807) is 37.3 Å². The molecule has 0 N–H and O–H groups in total. The third-order valence-electron chi connectivity index (χ3n) is 10.9. The smallest absolute Gasteiger partial charge is 0.340 e. The van der Waals surface area contributed by atoms with E-state index in [-0.39, 0.29) is 24.2 Å². The molecule has 0 amide bonds. The van der Waals surface area contributed by atoms with Gasteiger partial charge in [-0.2, -0.15) is 0 Å². The maximum absolute atomic E-state index is 14.1. The number of hydrogen-bond acceptors (Lipinski definition) is 13. The molecule has 4 aliphatic rings. The van der Waals surface area contributed by atoms with Crippen molar-refractivity contribution in [2.75, 3.05) is 6.61 Å². The van der Waals surface area contributed by atoms with E-state index in [2.05, 4.69) is 16.5 Å². The predicted molar refractivity (Wildman–Crippen MR) is 177 cm³/mol. The van der Waals surface area contributed by atoms with Gasteiger partial charge in [0.1, 0.15) is 23.9 Å². The van der Waals surface area contributed by atoms with Crippen LogP contribution in [0.25, 0.3) is 0 Å². The molecule has 1 aliphatic heterocycles. The third kappa shape index (κ3) is 5.90. The molecular formula is C38H42N2O11. The molecule has 0 unspecified atom stereocenters. The molecule has 2 aromatic rings. The Morgan fingerprint density at radius 3 is 1.98 bits per heavy atom. The molecule has 3 aliphatic carbocycles. The van der Waals surface area contributed by atoms with Crippen LogP contribution in [0.3, 0.4) is 0 Å². The number of nitrogens with zero attached hydrogens (tertiary/aromatic N) is 2. The lowest BCUT2D eigenvalue weighted by Crippen LogP contribution is -2.64. The van der Waals surface area contributed by atoms with Crippen molar-refractivity contribution in [2.24, 2.45) is 29.1 Å². The number of fused-ring (bicyclic) bond motifs is 1. The Labute approximate surface area is 295 Å². The average Bonchev–Trinajstić information content (AvgIpc) is 3.52. The number of esters is 5. The first-order valence-corrected chi connectivity index (χ1v) is 16.9. The lowest BCUT2D eigenvalue weighted by molar-refractivity contribution is -0.238. The van der Waals surface area contributed by atoms with Gasteiger partial charge >= 0.3 is 29.8 Å². The number of aromatic nitrogens is 2. The molecule has 1 saturated heterocycles. The maximum Gasteiger partial charge on any atom is 0.340 e. The summed E-state index contributed by atoms with van der Waals surface area (Å²) in [4.78, 5) is 75.2. The third-order valence-corrected chi connectivity index (χ3v) is 10.9. The Morgan fingerprint density at radius 1 is 0.843 bits per heavy atom. The second-order valence-electron chi connectivity index (χ2n) is 14.3. The summed E-state index contributed by atoms with van der Waals surface area (Å²) < 4.78 is 38.4. The summed E-state index contributed by atoms with van der Waals surface area (Å²) in [5.74, 6) is -6.37. The second kappa shape index (κ2) is 13.3. The Kier molecular flexibility index (Phi) is 9.38. The van der Waals surface area contributed by atoms with Crippen molar-refractivity contribution in [3.8, 4) is 0 Å². The SMILES string of the molecule is C=C(C)[C@H]1C=C[C@@H](OC(=O)c2cccnc2)[C@@]23CO[C@@](C)([C@H](OC(=O)c4cccnc4)[C@@]4(OC(C)=O)C[C@H](C)[C@H](OC(C)=O)[C@@H]4[C@H]2OC(C)=O)[C@H]13. The lowest BCUT2D eigenvalue weighted by atomic mass is 9.55. The molecule has 2 bridgehead atoms. The first-order valence-electron chi connectivity index (χ1n) is 16.9. The topological polar surface area (TPSA) is 167 Å². The van der Waals surface area contributed by atoms with Crippen LogP contribution in [0.15, 0.2) is 73.4 Å². The van der Waals surface area contributed by atoms with Gasteiger partial charge in [0, 0.05) is 57.4 Å². The molecule has 13 heteroatoms. The molecule has 0 radical (unpaired) electrons. The zero-order valence-corrected chi connectivity index (χ0v) is 29.4. The minimum Gasteiger partial charge on any atom is -0.462 e. The van der Waals surface area contributed by atoms with Gasteiger partial charge in [-0.3, -0.25) is 24.4 Å². The van der Waals surface area contributed by atoms with E-state index in [0.717, 1.165) is 0 Å². The molecule has 0 aromatic carbocycles. The van der Waals surface area contributed by atoms with Crippen LogP contribution < -0.4 is 0 Å². The standard InChI is InChI=1S/C38H42N2O11/c1-20(2)27-12-13-28(49-33(44)25-10-8-14-39-17-25)37-19-46-36(7,31(27)37)35(50-34(45)26-11-9-15-40-18-26)38(51-24(6)43)16-21(3)30(47-22(4)41)29(38)32(37)48-23(5)42/h8-15,17-18,21,27-32,35H,1,16,19H2,2-7H3/t21-,27+,28+,29+,30-,31-,32+,35-,36+,37+,38+/m0/s1. The summed E-state index contributed by atoms with van der Waals surface area (Å²) in [7, 11) is 0. The van der Waals surface area contributed by atoms with Crippen molar-refractivity contribution < 1.29 is 52.4 Å². The quantitative estimate of drug-likeness (QED) is 0.218. The molecule has 13 nitrogen and oxygen atoms in total. The van der Waals surface area contributed by atoms with Crippen LogP contribution in [0.5, 0.6) is 0 Å².